The Labute approximate surface area is 150 Å². The zero-order chi connectivity index (χ0) is 17.6. The summed E-state index contributed by atoms with van der Waals surface area (Å²) in [7, 11) is 0. The Morgan fingerprint density at radius 1 is 1.20 bits per heavy atom. The monoisotopic (exact) mass is 358 g/mol. The molecule has 1 fully saturated rings. The molecule has 1 saturated heterocycles. The van der Waals surface area contributed by atoms with E-state index in [1.807, 2.05) is 30.3 Å². The van der Waals surface area contributed by atoms with Crippen LogP contribution in [0.3, 0.4) is 0 Å². The summed E-state index contributed by atoms with van der Waals surface area (Å²) in [5.41, 5.74) is 1.34. The number of halogens is 1. The van der Waals surface area contributed by atoms with E-state index in [2.05, 4.69) is 10.6 Å². The molecular weight excluding hydrogens is 339 g/mol. The van der Waals surface area contributed by atoms with Crippen molar-refractivity contribution in [3.8, 4) is 0 Å². The first-order valence-electron chi connectivity index (χ1n) is 8.16. The normalized spacial score (nSPS) is 17.0. The highest BCUT2D eigenvalue weighted by atomic mass is 32.2. The minimum absolute atomic E-state index is 0.00936. The van der Waals surface area contributed by atoms with Crippen molar-refractivity contribution in [1.82, 2.24) is 5.32 Å². The second kappa shape index (κ2) is 8.16. The zero-order valence-corrected chi connectivity index (χ0v) is 14.4. The SMILES string of the molecule is O=C1CCC(C(=O)Nc2ccccc2SCc2ccccc2F)CN1. The molecule has 0 spiro atoms. The third-order valence-corrected chi connectivity index (χ3v) is 5.24. The maximum atomic E-state index is 13.8. The maximum Gasteiger partial charge on any atom is 0.229 e. The quantitative estimate of drug-likeness (QED) is 0.803. The number of hydrogen-bond acceptors (Lipinski definition) is 3. The molecule has 0 aliphatic carbocycles. The molecule has 0 saturated carbocycles. The largest absolute Gasteiger partial charge is 0.355 e. The maximum absolute atomic E-state index is 13.8. The van der Waals surface area contributed by atoms with Crippen LogP contribution in [0.5, 0.6) is 0 Å². The predicted molar refractivity (Wildman–Crippen MR) is 96.8 cm³/mol. The van der Waals surface area contributed by atoms with Crippen LogP contribution < -0.4 is 10.6 Å². The van der Waals surface area contributed by atoms with Crippen molar-refractivity contribution < 1.29 is 14.0 Å². The van der Waals surface area contributed by atoms with E-state index in [1.165, 1.54) is 17.8 Å². The van der Waals surface area contributed by atoms with Crippen molar-refractivity contribution in [2.24, 2.45) is 5.92 Å². The third-order valence-electron chi connectivity index (χ3n) is 4.12. The number of hydrogen-bond donors (Lipinski definition) is 2. The van der Waals surface area contributed by atoms with Crippen LogP contribution in [0.1, 0.15) is 18.4 Å². The molecule has 0 bridgehead atoms. The van der Waals surface area contributed by atoms with E-state index in [1.54, 1.807) is 12.1 Å². The van der Waals surface area contributed by atoms with Crippen molar-refractivity contribution in [3.05, 3.63) is 59.9 Å². The fourth-order valence-corrected chi connectivity index (χ4v) is 3.65. The summed E-state index contributed by atoms with van der Waals surface area (Å²) in [6.45, 7) is 0.370. The lowest BCUT2D eigenvalue weighted by atomic mass is 9.98. The molecule has 1 aliphatic rings. The molecule has 1 atom stereocenters. The Kier molecular flexibility index (Phi) is 5.71. The van der Waals surface area contributed by atoms with Crippen LogP contribution in [0.4, 0.5) is 10.1 Å². The van der Waals surface area contributed by atoms with Gasteiger partial charge in [0.05, 0.1) is 11.6 Å². The molecule has 2 N–H and O–H groups in total. The molecule has 2 aromatic rings. The number of para-hydroxylation sites is 1. The van der Waals surface area contributed by atoms with Crippen molar-refractivity contribution in [3.63, 3.8) is 0 Å². The Balaban J connectivity index is 1.65. The average molecular weight is 358 g/mol. The molecule has 130 valence electrons. The number of amides is 2. The van der Waals surface area contributed by atoms with Gasteiger partial charge in [0.2, 0.25) is 11.8 Å². The lowest BCUT2D eigenvalue weighted by Crippen LogP contribution is -2.40. The van der Waals surface area contributed by atoms with Gasteiger partial charge < -0.3 is 10.6 Å². The number of rotatable bonds is 5. The lowest BCUT2D eigenvalue weighted by Gasteiger charge is -2.22. The topological polar surface area (TPSA) is 58.2 Å². The summed E-state index contributed by atoms with van der Waals surface area (Å²) >= 11 is 1.48. The van der Waals surface area contributed by atoms with Crippen LogP contribution >= 0.6 is 11.8 Å². The third kappa shape index (κ3) is 4.60. The van der Waals surface area contributed by atoms with Crippen molar-refractivity contribution in [1.29, 1.82) is 0 Å². The van der Waals surface area contributed by atoms with Gasteiger partial charge in [0, 0.05) is 23.6 Å². The molecule has 0 aromatic heterocycles. The number of anilines is 1. The molecular formula is C19H19FN2O2S. The minimum atomic E-state index is -0.227. The van der Waals surface area contributed by atoms with E-state index in [4.69, 9.17) is 0 Å². The van der Waals surface area contributed by atoms with Gasteiger partial charge in [-0.25, -0.2) is 4.39 Å². The Morgan fingerprint density at radius 2 is 1.96 bits per heavy atom. The van der Waals surface area contributed by atoms with E-state index < -0.39 is 0 Å². The average Bonchev–Trinajstić information content (AvgIpc) is 2.62. The molecule has 0 radical (unpaired) electrons. The van der Waals surface area contributed by atoms with Gasteiger partial charge in [-0.15, -0.1) is 11.8 Å². The molecule has 6 heteroatoms. The fraction of sp³-hybridized carbons (Fsp3) is 0.263. The first kappa shape index (κ1) is 17.5. The highest BCUT2D eigenvalue weighted by Gasteiger charge is 2.24. The van der Waals surface area contributed by atoms with Crippen LogP contribution in [0, 0.1) is 11.7 Å². The standard InChI is InChI=1S/C19H19FN2O2S/c20-15-6-2-1-5-14(15)12-25-17-8-4-3-7-16(17)22-19(24)13-9-10-18(23)21-11-13/h1-8,13H,9-12H2,(H,21,23)(H,22,24). The van der Waals surface area contributed by atoms with Gasteiger partial charge in [0.1, 0.15) is 5.82 Å². The molecule has 25 heavy (non-hydrogen) atoms. The van der Waals surface area contributed by atoms with Gasteiger partial charge in [-0.1, -0.05) is 30.3 Å². The smallest absolute Gasteiger partial charge is 0.229 e. The van der Waals surface area contributed by atoms with Gasteiger partial charge in [-0.2, -0.15) is 0 Å². The van der Waals surface area contributed by atoms with Crippen molar-refractivity contribution in [2.45, 2.75) is 23.5 Å². The number of carbonyl (C=O) groups excluding carboxylic acids is 2. The molecule has 1 aliphatic heterocycles. The van der Waals surface area contributed by atoms with Gasteiger partial charge in [0.15, 0.2) is 0 Å². The van der Waals surface area contributed by atoms with Gasteiger partial charge >= 0.3 is 0 Å². The van der Waals surface area contributed by atoms with E-state index in [9.17, 15) is 14.0 Å². The van der Waals surface area contributed by atoms with E-state index in [-0.39, 0.29) is 23.5 Å². The number of benzene rings is 2. The summed E-state index contributed by atoms with van der Waals surface area (Å²) in [5.74, 6) is -0.0698. The number of nitrogens with one attached hydrogen (secondary N) is 2. The minimum Gasteiger partial charge on any atom is -0.355 e. The summed E-state index contributed by atoms with van der Waals surface area (Å²) in [5, 5.41) is 5.66. The Hall–Kier alpha value is -2.34. The first-order valence-corrected chi connectivity index (χ1v) is 9.15. The highest BCUT2D eigenvalue weighted by molar-refractivity contribution is 7.98. The number of piperidine rings is 1. The molecule has 2 amide bonds. The summed E-state index contributed by atoms with van der Waals surface area (Å²) in [4.78, 5) is 24.5. The number of thioether (sulfide) groups is 1. The predicted octanol–water partition coefficient (Wildman–Crippen LogP) is 3.58. The van der Waals surface area contributed by atoms with E-state index >= 15 is 0 Å². The van der Waals surface area contributed by atoms with E-state index in [0.29, 0.717) is 36.4 Å². The van der Waals surface area contributed by atoms with Crippen LogP contribution in [-0.4, -0.2) is 18.4 Å². The lowest BCUT2D eigenvalue weighted by molar-refractivity contribution is -0.126. The van der Waals surface area contributed by atoms with Gasteiger partial charge in [0.25, 0.3) is 0 Å². The molecule has 3 rings (SSSR count). The van der Waals surface area contributed by atoms with E-state index in [0.717, 1.165) is 4.90 Å². The van der Waals surface area contributed by atoms with Crippen molar-refractivity contribution >= 4 is 29.3 Å². The molecule has 4 nitrogen and oxygen atoms in total. The number of carbonyl (C=O) groups is 2. The second-order valence-electron chi connectivity index (χ2n) is 5.91. The summed E-state index contributed by atoms with van der Waals surface area (Å²) in [6, 6.07) is 14.2. The zero-order valence-electron chi connectivity index (χ0n) is 13.6. The Bertz CT molecular complexity index is 772. The fourth-order valence-electron chi connectivity index (χ4n) is 2.66. The second-order valence-corrected chi connectivity index (χ2v) is 6.92. The summed E-state index contributed by atoms with van der Waals surface area (Å²) < 4.78 is 13.8. The van der Waals surface area contributed by atoms with Gasteiger partial charge in [-0.05, 0) is 30.2 Å². The first-order chi connectivity index (χ1) is 12.1. The molecule has 2 aromatic carbocycles. The van der Waals surface area contributed by atoms with Crippen LogP contribution in [0.15, 0.2) is 53.4 Å². The molecule has 1 unspecified atom stereocenters. The van der Waals surface area contributed by atoms with Crippen molar-refractivity contribution in [2.75, 3.05) is 11.9 Å². The molecule has 1 heterocycles. The Morgan fingerprint density at radius 3 is 2.72 bits per heavy atom. The highest BCUT2D eigenvalue weighted by Crippen LogP contribution is 2.31. The van der Waals surface area contributed by atoms with Crippen LogP contribution in [-0.2, 0) is 15.3 Å². The van der Waals surface area contributed by atoms with Gasteiger partial charge in [-0.3, -0.25) is 9.59 Å². The van der Waals surface area contributed by atoms with Crippen LogP contribution in [0.2, 0.25) is 0 Å². The summed E-state index contributed by atoms with van der Waals surface area (Å²) in [6.07, 6.45) is 0.934. The van der Waals surface area contributed by atoms with Crippen LogP contribution in [0.25, 0.3) is 0 Å².